The molecule has 0 bridgehead atoms. The van der Waals surface area contributed by atoms with E-state index in [1.165, 1.54) is 0 Å². The number of hydrogen-bond acceptors (Lipinski definition) is 5. The third-order valence-corrected chi connectivity index (χ3v) is 5.64. The van der Waals surface area contributed by atoms with Gasteiger partial charge in [0.15, 0.2) is 11.5 Å². The number of hydrogen-bond donors (Lipinski definition) is 3. The quantitative estimate of drug-likeness (QED) is 0.694. The summed E-state index contributed by atoms with van der Waals surface area (Å²) in [6.45, 7) is 8.01. The highest BCUT2D eigenvalue weighted by atomic mass is 16.5. The van der Waals surface area contributed by atoms with Crippen LogP contribution in [0.25, 0.3) is 0 Å². The van der Waals surface area contributed by atoms with E-state index in [1.54, 1.807) is 6.07 Å². The van der Waals surface area contributed by atoms with E-state index in [0.29, 0.717) is 25.5 Å². The van der Waals surface area contributed by atoms with Crippen molar-refractivity contribution in [3.63, 3.8) is 0 Å². The monoisotopic (exact) mass is 391 g/mol. The Balaban J connectivity index is 1.69. The number of phenolic OH excluding ortho intramolecular Hbond substituents is 1. The fourth-order valence-corrected chi connectivity index (χ4v) is 4.35. The summed E-state index contributed by atoms with van der Waals surface area (Å²) in [4.78, 5) is 14.5. The lowest BCUT2D eigenvalue weighted by Crippen LogP contribution is -2.64. The van der Waals surface area contributed by atoms with E-state index in [1.807, 2.05) is 26.0 Å². The van der Waals surface area contributed by atoms with Crippen molar-refractivity contribution in [1.82, 2.24) is 15.5 Å². The van der Waals surface area contributed by atoms with Gasteiger partial charge in [0.05, 0.1) is 19.3 Å². The molecule has 1 aromatic carbocycles. The number of urea groups is 1. The molecule has 1 saturated carbocycles. The zero-order chi connectivity index (χ0) is 20.0. The van der Waals surface area contributed by atoms with E-state index in [0.717, 1.165) is 50.9 Å². The molecule has 2 unspecified atom stereocenters. The molecule has 1 spiro atoms. The summed E-state index contributed by atoms with van der Waals surface area (Å²) in [6, 6.07) is 5.44. The van der Waals surface area contributed by atoms with Gasteiger partial charge in [-0.25, -0.2) is 4.79 Å². The van der Waals surface area contributed by atoms with Gasteiger partial charge in [-0.3, -0.25) is 4.90 Å². The van der Waals surface area contributed by atoms with Crippen molar-refractivity contribution >= 4 is 6.03 Å². The van der Waals surface area contributed by atoms with Gasteiger partial charge >= 0.3 is 6.03 Å². The van der Waals surface area contributed by atoms with Crippen LogP contribution in [0.15, 0.2) is 18.2 Å². The predicted octanol–water partition coefficient (Wildman–Crippen LogP) is 2.62. The predicted molar refractivity (Wildman–Crippen MR) is 108 cm³/mol. The van der Waals surface area contributed by atoms with Crippen LogP contribution in [0, 0.1) is 0 Å². The molecule has 0 aromatic heterocycles. The third kappa shape index (κ3) is 4.89. The van der Waals surface area contributed by atoms with Crippen LogP contribution < -0.4 is 15.4 Å². The van der Waals surface area contributed by atoms with Crippen LogP contribution in [-0.2, 0) is 11.3 Å². The van der Waals surface area contributed by atoms with Crippen molar-refractivity contribution in [1.29, 1.82) is 0 Å². The van der Waals surface area contributed by atoms with Gasteiger partial charge in [-0.2, -0.15) is 0 Å². The zero-order valence-electron chi connectivity index (χ0n) is 17.0. The average molecular weight is 392 g/mol. The summed E-state index contributed by atoms with van der Waals surface area (Å²) < 4.78 is 11.8. The summed E-state index contributed by atoms with van der Waals surface area (Å²) in [5, 5.41) is 15.9. The van der Waals surface area contributed by atoms with Gasteiger partial charge in [-0.05, 0) is 44.4 Å². The maximum atomic E-state index is 12.1. The summed E-state index contributed by atoms with van der Waals surface area (Å²) in [5.41, 5.74) is 0.767. The van der Waals surface area contributed by atoms with E-state index in [-0.39, 0.29) is 23.4 Å². The second kappa shape index (κ2) is 9.47. The second-order valence-electron chi connectivity index (χ2n) is 7.66. The Morgan fingerprint density at radius 1 is 1.39 bits per heavy atom. The van der Waals surface area contributed by atoms with Crippen LogP contribution in [0.5, 0.6) is 11.5 Å². The highest BCUT2D eigenvalue weighted by molar-refractivity contribution is 5.74. The minimum atomic E-state index is -0.332. The van der Waals surface area contributed by atoms with Gasteiger partial charge in [0, 0.05) is 26.2 Å². The lowest BCUT2D eigenvalue weighted by atomic mass is 9.79. The SMILES string of the molecule is CCNC(=O)NC1CCCCC12CN(Cc1ccc(O)c(OCC)c1)CCO2. The molecule has 2 fully saturated rings. The second-order valence-corrected chi connectivity index (χ2v) is 7.66. The molecule has 7 heteroatoms. The number of ether oxygens (including phenoxy) is 2. The molecule has 1 saturated heterocycles. The topological polar surface area (TPSA) is 83.1 Å². The Hall–Kier alpha value is -1.99. The standard InChI is InChI=1S/C21H33N3O4/c1-3-22-20(26)23-19-7-5-6-10-21(19)15-24(11-12-28-21)14-16-8-9-17(25)18(13-16)27-4-2/h8-9,13,19,25H,3-7,10-12,14-15H2,1-2H3,(H2,22,23,26). The highest BCUT2D eigenvalue weighted by Gasteiger charge is 2.45. The molecular weight excluding hydrogens is 358 g/mol. The van der Waals surface area contributed by atoms with Gasteiger partial charge in [-0.15, -0.1) is 0 Å². The van der Waals surface area contributed by atoms with Crippen molar-refractivity contribution in [2.24, 2.45) is 0 Å². The highest BCUT2D eigenvalue weighted by Crippen LogP contribution is 2.36. The maximum Gasteiger partial charge on any atom is 0.315 e. The normalized spacial score (nSPS) is 25.4. The first-order valence-electron chi connectivity index (χ1n) is 10.4. The number of nitrogens with one attached hydrogen (secondary N) is 2. The molecule has 2 aliphatic rings. The van der Waals surface area contributed by atoms with Crippen LogP contribution in [0.3, 0.4) is 0 Å². The fraction of sp³-hybridized carbons (Fsp3) is 0.667. The van der Waals surface area contributed by atoms with Gasteiger partial charge in [0.2, 0.25) is 0 Å². The van der Waals surface area contributed by atoms with Gasteiger partial charge in [0.25, 0.3) is 0 Å². The molecule has 2 atom stereocenters. The average Bonchev–Trinajstić information content (AvgIpc) is 2.67. The van der Waals surface area contributed by atoms with Crippen molar-refractivity contribution in [2.45, 2.75) is 57.7 Å². The molecule has 1 aliphatic carbocycles. The molecular formula is C21H33N3O4. The third-order valence-electron chi connectivity index (χ3n) is 5.64. The van der Waals surface area contributed by atoms with Gasteiger partial charge in [-0.1, -0.05) is 18.9 Å². The molecule has 2 amide bonds. The summed E-state index contributed by atoms with van der Waals surface area (Å²) in [7, 11) is 0. The minimum absolute atomic E-state index is 0.0226. The van der Waals surface area contributed by atoms with Crippen LogP contribution >= 0.6 is 0 Å². The first-order chi connectivity index (χ1) is 13.6. The largest absolute Gasteiger partial charge is 0.504 e. The number of morpholine rings is 1. The van der Waals surface area contributed by atoms with Crippen LogP contribution in [0.2, 0.25) is 0 Å². The Morgan fingerprint density at radius 2 is 2.25 bits per heavy atom. The fourth-order valence-electron chi connectivity index (χ4n) is 4.35. The summed E-state index contributed by atoms with van der Waals surface area (Å²) in [6.07, 6.45) is 4.13. The number of benzene rings is 1. The van der Waals surface area contributed by atoms with E-state index >= 15 is 0 Å². The molecule has 1 aromatic rings. The van der Waals surface area contributed by atoms with Gasteiger partial charge in [0.1, 0.15) is 5.60 Å². The summed E-state index contributed by atoms with van der Waals surface area (Å²) in [5.74, 6) is 0.693. The maximum absolute atomic E-state index is 12.1. The zero-order valence-corrected chi connectivity index (χ0v) is 17.0. The number of carbonyl (C=O) groups excluding carboxylic acids is 1. The van der Waals surface area contributed by atoms with Crippen LogP contribution in [0.1, 0.15) is 45.1 Å². The molecule has 1 heterocycles. The Morgan fingerprint density at radius 3 is 3.04 bits per heavy atom. The Labute approximate surface area is 167 Å². The lowest BCUT2D eigenvalue weighted by Gasteiger charge is -2.49. The van der Waals surface area contributed by atoms with E-state index < -0.39 is 0 Å². The smallest absolute Gasteiger partial charge is 0.315 e. The first kappa shape index (κ1) is 20.7. The molecule has 28 heavy (non-hydrogen) atoms. The van der Waals surface area contributed by atoms with Crippen LogP contribution in [-0.4, -0.2) is 60.5 Å². The van der Waals surface area contributed by atoms with Crippen molar-refractivity contribution in [3.8, 4) is 11.5 Å². The van der Waals surface area contributed by atoms with Crippen molar-refractivity contribution in [2.75, 3.05) is 32.8 Å². The Bertz CT molecular complexity index is 665. The Kier molecular flexibility index (Phi) is 7.02. The number of rotatable bonds is 6. The lowest BCUT2D eigenvalue weighted by molar-refractivity contribution is -0.142. The minimum Gasteiger partial charge on any atom is -0.504 e. The van der Waals surface area contributed by atoms with Crippen LogP contribution in [0.4, 0.5) is 4.79 Å². The summed E-state index contributed by atoms with van der Waals surface area (Å²) >= 11 is 0. The first-order valence-corrected chi connectivity index (χ1v) is 10.4. The molecule has 3 rings (SSSR count). The molecule has 1 aliphatic heterocycles. The van der Waals surface area contributed by atoms with E-state index in [2.05, 4.69) is 15.5 Å². The molecule has 7 nitrogen and oxygen atoms in total. The van der Waals surface area contributed by atoms with Crippen molar-refractivity contribution in [3.05, 3.63) is 23.8 Å². The molecule has 0 radical (unpaired) electrons. The molecule has 156 valence electrons. The molecule has 3 N–H and O–H groups in total. The number of nitrogens with zero attached hydrogens (tertiary/aromatic N) is 1. The number of phenols is 1. The van der Waals surface area contributed by atoms with E-state index in [4.69, 9.17) is 9.47 Å². The number of aromatic hydroxyl groups is 1. The number of carbonyl (C=O) groups is 1. The number of amides is 2. The van der Waals surface area contributed by atoms with Gasteiger partial charge < -0.3 is 25.2 Å². The van der Waals surface area contributed by atoms with E-state index in [9.17, 15) is 9.90 Å². The van der Waals surface area contributed by atoms with Crippen molar-refractivity contribution < 1.29 is 19.4 Å².